The maximum Gasteiger partial charge on any atom is 0.300 e. The Morgan fingerprint density at radius 3 is 2.48 bits per heavy atom. The molecule has 0 atom stereocenters. The average Bonchev–Trinajstić information content (AvgIpc) is 2.45. The van der Waals surface area contributed by atoms with E-state index < -0.39 is 10.8 Å². The van der Waals surface area contributed by atoms with Gasteiger partial charge >= 0.3 is 5.69 Å². The predicted molar refractivity (Wildman–Crippen MR) is 82.0 cm³/mol. The highest BCUT2D eigenvalue weighted by molar-refractivity contribution is 6.33. The second kappa shape index (κ2) is 5.93. The predicted octanol–water partition coefficient (Wildman–Crippen LogP) is 3.83. The summed E-state index contributed by atoms with van der Waals surface area (Å²) in [6.07, 6.45) is 0. The molecule has 0 aliphatic rings. The van der Waals surface area contributed by atoms with Gasteiger partial charge in [0.2, 0.25) is 0 Å². The quantitative estimate of drug-likeness (QED) is 0.639. The molecule has 0 saturated carbocycles. The molecule has 21 heavy (non-hydrogen) atoms. The van der Waals surface area contributed by atoms with Crippen molar-refractivity contribution in [3.63, 3.8) is 0 Å². The first kappa shape index (κ1) is 15.0. The molecule has 0 bridgehead atoms. The van der Waals surface area contributed by atoms with Crippen LogP contribution in [0.2, 0.25) is 5.02 Å². The molecule has 0 heterocycles. The average molecular weight is 305 g/mol. The van der Waals surface area contributed by atoms with Crippen LogP contribution in [-0.2, 0) is 0 Å². The van der Waals surface area contributed by atoms with Crippen molar-refractivity contribution in [3.8, 4) is 0 Å². The summed E-state index contributed by atoms with van der Waals surface area (Å²) in [5, 5.41) is 11.1. The van der Waals surface area contributed by atoms with E-state index in [1.165, 1.54) is 23.1 Å². The molecule has 0 unspecified atom stereocenters. The van der Waals surface area contributed by atoms with Crippen LogP contribution in [0.1, 0.15) is 15.9 Å². The zero-order chi connectivity index (χ0) is 15.6. The van der Waals surface area contributed by atoms with Crippen LogP contribution >= 0.6 is 11.6 Å². The van der Waals surface area contributed by atoms with E-state index in [0.29, 0.717) is 5.69 Å². The molecule has 0 aromatic heterocycles. The molecule has 0 radical (unpaired) electrons. The van der Waals surface area contributed by atoms with E-state index in [1.807, 2.05) is 19.1 Å². The standard InChI is InChI=1S/C15H13ClN2O3/c1-10-6-3-4-9-13(10)17(2)15(19)11-7-5-8-12(16)14(11)18(20)21/h3-9H,1-2H3. The van der Waals surface area contributed by atoms with Crippen LogP contribution in [0.25, 0.3) is 0 Å². The summed E-state index contributed by atoms with van der Waals surface area (Å²) < 4.78 is 0. The summed E-state index contributed by atoms with van der Waals surface area (Å²) in [5.74, 6) is -0.474. The van der Waals surface area contributed by atoms with Gasteiger partial charge in [-0.2, -0.15) is 0 Å². The molecule has 5 nitrogen and oxygen atoms in total. The highest BCUT2D eigenvalue weighted by atomic mass is 35.5. The summed E-state index contributed by atoms with van der Waals surface area (Å²) >= 11 is 5.84. The summed E-state index contributed by atoms with van der Waals surface area (Å²) in [5.41, 5.74) is 1.19. The number of nitro groups is 1. The number of carbonyl (C=O) groups is 1. The van der Waals surface area contributed by atoms with Gasteiger partial charge in [-0.25, -0.2) is 0 Å². The first-order valence-electron chi connectivity index (χ1n) is 6.20. The fraction of sp³-hybridized carbons (Fsp3) is 0.133. The van der Waals surface area contributed by atoms with Gasteiger partial charge in [0.25, 0.3) is 5.91 Å². The third kappa shape index (κ3) is 2.87. The van der Waals surface area contributed by atoms with Crippen molar-refractivity contribution in [2.45, 2.75) is 6.92 Å². The largest absolute Gasteiger partial charge is 0.311 e. The van der Waals surface area contributed by atoms with Crippen molar-refractivity contribution >= 4 is 28.9 Å². The maximum absolute atomic E-state index is 12.5. The zero-order valence-electron chi connectivity index (χ0n) is 11.5. The normalized spacial score (nSPS) is 10.2. The maximum atomic E-state index is 12.5. The number of hydrogen-bond acceptors (Lipinski definition) is 3. The molecular weight excluding hydrogens is 292 g/mol. The van der Waals surface area contributed by atoms with E-state index in [-0.39, 0.29) is 16.3 Å². The van der Waals surface area contributed by atoms with Crippen LogP contribution in [0.15, 0.2) is 42.5 Å². The van der Waals surface area contributed by atoms with Crippen LogP contribution in [0, 0.1) is 17.0 Å². The van der Waals surface area contributed by atoms with Gasteiger partial charge in [-0.15, -0.1) is 0 Å². The van der Waals surface area contributed by atoms with Crippen LogP contribution in [0.5, 0.6) is 0 Å². The van der Waals surface area contributed by atoms with Gasteiger partial charge in [-0.05, 0) is 30.7 Å². The molecule has 6 heteroatoms. The monoisotopic (exact) mass is 304 g/mol. The number of halogens is 1. The Labute approximate surface area is 126 Å². The Balaban J connectivity index is 2.48. The molecule has 108 valence electrons. The molecule has 0 aliphatic heterocycles. The number of hydrogen-bond donors (Lipinski definition) is 0. The first-order valence-corrected chi connectivity index (χ1v) is 6.58. The molecule has 2 aromatic carbocycles. The lowest BCUT2D eigenvalue weighted by molar-refractivity contribution is -0.385. The Hall–Kier alpha value is -2.40. The number of aryl methyl sites for hydroxylation is 1. The van der Waals surface area contributed by atoms with E-state index in [9.17, 15) is 14.9 Å². The summed E-state index contributed by atoms with van der Waals surface area (Å²) in [7, 11) is 1.58. The van der Waals surface area contributed by atoms with E-state index in [0.717, 1.165) is 5.56 Å². The number of para-hydroxylation sites is 2. The third-order valence-electron chi connectivity index (χ3n) is 3.18. The van der Waals surface area contributed by atoms with Crippen molar-refractivity contribution < 1.29 is 9.72 Å². The van der Waals surface area contributed by atoms with Crippen molar-refractivity contribution in [1.29, 1.82) is 0 Å². The molecule has 1 amide bonds. The van der Waals surface area contributed by atoms with Gasteiger partial charge < -0.3 is 4.90 Å². The second-order valence-electron chi connectivity index (χ2n) is 4.54. The smallest absolute Gasteiger partial charge is 0.300 e. The summed E-state index contributed by atoms with van der Waals surface area (Å²) in [6.45, 7) is 1.87. The minimum Gasteiger partial charge on any atom is -0.311 e. The van der Waals surface area contributed by atoms with Crippen molar-refractivity contribution in [2.75, 3.05) is 11.9 Å². The SMILES string of the molecule is Cc1ccccc1N(C)C(=O)c1cccc(Cl)c1[N+](=O)[O-]. The van der Waals surface area contributed by atoms with E-state index >= 15 is 0 Å². The van der Waals surface area contributed by atoms with Crippen LogP contribution in [0.4, 0.5) is 11.4 Å². The molecular formula is C15H13ClN2O3. The molecule has 0 fully saturated rings. The number of benzene rings is 2. The van der Waals surface area contributed by atoms with Gasteiger partial charge in [0.1, 0.15) is 10.6 Å². The topological polar surface area (TPSA) is 63.5 Å². The molecule has 0 aliphatic carbocycles. The van der Waals surface area contributed by atoms with E-state index in [1.54, 1.807) is 19.2 Å². The lowest BCUT2D eigenvalue weighted by Crippen LogP contribution is -2.27. The lowest BCUT2D eigenvalue weighted by Gasteiger charge is -2.19. The van der Waals surface area contributed by atoms with Crippen molar-refractivity contribution in [2.24, 2.45) is 0 Å². The Morgan fingerprint density at radius 1 is 1.19 bits per heavy atom. The Kier molecular flexibility index (Phi) is 4.23. The zero-order valence-corrected chi connectivity index (χ0v) is 12.3. The van der Waals surface area contributed by atoms with Gasteiger partial charge in [-0.3, -0.25) is 14.9 Å². The third-order valence-corrected chi connectivity index (χ3v) is 3.49. The van der Waals surface area contributed by atoms with Gasteiger partial charge in [0.15, 0.2) is 0 Å². The fourth-order valence-corrected chi connectivity index (χ4v) is 2.35. The van der Waals surface area contributed by atoms with Crippen LogP contribution < -0.4 is 4.90 Å². The van der Waals surface area contributed by atoms with Gasteiger partial charge in [0.05, 0.1) is 4.92 Å². The minimum atomic E-state index is -0.638. The molecule has 0 saturated heterocycles. The molecule has 0 spiro atoms. The fourth-order valence-electron chi connectivity index (χ4n) is 2.10. The minimum absolute atomic E-state index is 0.0294. The first-order chi connectivity index (χ1) is 9.93. The van der Waals surface area contributed by atoms with Crippen LogP contribution in [0.3, 0.4) is 0 Å². The Morgan fingerprint density at radius 2 is 1.86 bits per heavy atom. The lowest BCUT2D eigenvalue weighted by atomic mass is 10.1. The van der Waals surface area contributed by atoms with Crippen molar-refractivity contribution in [1.82, 2.24) is 0 Å². The summed E-state index contributed by atoms with van der Waals surface area (Å²) in [6, 6.07) is 11.6. The van der Waals surface area contributed by atoms with E-state index in [2.05, 4.69) is 0 Å². The molecule has 0 N–H and O–H groups in total. The molecule has 2 rings (SSSR count). The number of nitro benzene ring substituents is 1. The highest BCUT2D eigenvalue weighted by Gasteiger charge is 2.26. The van der Waals surface area contributed by atoms with Crippen molar-refractivity contribution in [3.05, 3.63) is 68.7 Å². The summed E-state index contributed by atoms with van der Waals surface area (Å²) in [4.78, 5) is 24.4. The molecule has 2 aromatic rings. The van der Waals surface area contributed by atoms with Crippen LogP contribution in [-0.4, -0.2) is 17.9 Å². The number of carbonyl (C=O) groups excluding carboxylic acids is 1. The number of anilines is 1. The number of nitrogens with zero attached hydrogens (tertiary/aromatic N) is 2. The Bertz CT molecular complexity index is 716. The van der Waals surface area contributed by atoms with E-state index in [4.69, 9.17) is 11.6 Å². The second-order valence-corrected chi connectivity index (χ2v) is 4.95. The van der Waals surface area contributed by atoms with Gasteiger partial charge in [-0.1, -0.05) is 35.9 Å². The number of amides is 1. The van der Waals surface area contributed by atoms with Gasteiger partial charge in [0, 0.05) is 12.7 Å². The number of rotatable bonds is 3. The highest BCUT2D eigenvalue weighted by Crippen LogP contribution is 2.30.